The lowest BCUT2D eigenvalue weighted by molar-refractivity contribution is -0.138. The highest BCUT2D eigenvalue weighted by molar-refractivity contribution is 7.89. The van der Waals surface area contributed by atoms with E-state index < -0.39 is 33.8 Å². The molecule has 0 amide bonds. The zero-order chi connectivity index (χ0) is 28.9. The average molecular weight is 565 g/mol. The highest BCUT2D eigenvalue weighted by Crippen LogP contribution is 2.26. The van der Waals surface area contributed by atoms with Gasteiger partial charge >= 0.3 is 11.9 Å². The van der Waals surface area contributed by atoms with Gasteiger partial charge in [-0.05, 0) is 72.6 Å². The van der Waals surface area contributed by atoms with Gasteiger partial charge in [0.1, 0.15) is 24.2 Å². The predicted molar refractivity (Wildman–Crippen MR) is 145 cm³/mol. The number of aliphatic carboxylic acids is 1. The minimum absolute atomic E-state index is 0.00651. The van der Waals surface area contributed by atoms with Gasteiger partial charge < -0.3 is 19.5 Å². The first kappa shape index (κ1) is 28.4. The summed E-state index contributed by atoms with van der Waals surface area (Å²) < 4.78 is 48.9. The second-order valence-corrected chi connectivity index (χ2v) is 10.6. The first-order chi connectivity index (χ1) is 19.1. The van der Waals surface area contributed by atoms with Crippen molar-refractivity contribution in [3.63, 3.8) is 0 Å². The Labute approximate surface area is 229 Å². The van der Waals surface area contributed by atoms with Gasteiger partial charge in [-0.1, -0.05) is 18.1 Å². The largest absolute Gasteiger partial charge is 0.481 e. The van der Waals surface area contributed by atoms with E-state index in [-0.39, 0.29) is 23.5 Å². The molecule has 3 N–H and O–H groups in total. The normalized spacial score (nSPS) is 11.9. The fourth-order valence-corrected chi connectivity index (χ4v) is 5.33. The molecule has 0 saturated carbocycles. The first-order valence-electron chi connectivity index (χ1n) is 12.0. The standard InChI is InChI=1S/C29H25FN2O7S/c1-2-3-14-39-23-9-11-24(12-10-23)40(37,38)31-26(29(35)36)16-21-18-32(17-19-4-7-22(30)8-5-19)27-13-6-20(28(33)34)15-25(21)27/h4-13,15,18,26,31H,14,16-17H2,1H3,(H,33,34)(H,35,36)/t26-/m0/s1. The first-order valence-corrected chi connectivity index (χ1v) is 13.5. The third-order valence-electron chi connectivity index (χ3n) is 6.12. The number of aromatic nitrogens is 1. The number of hydrogen-bond acceptors (Lipinski definition) is 5. The fraction of sp³-hybridized carbons (Fsp3) is 0.172. The van der Waals surface area contributed by atoms with Crippen molar-refractivity contribution in [3.05, 3.63) is 95.4 Å². The molecule has 206 valence electrons. The van der Waals surface area contributed by atoms with E-state index in [2.05, 4.69) is 16.6 Å². The minimum Gasteiger partial charge on any atom is -0.481 e. The molecule has 0 aliphatic carbocycles. The summed E-state index contributed by atoms with van der Waals surface area (Å²) in [7, 11) is -4.24. The van der Waals surface area contributed by atoms with Crippen LogP contribution in [0.1, 0.15) is 28.4 Å². The Bertz CT molecular complexity index is 1720. The van der Waals surface area contributed by atoms with Crippen molar-refractivity contribution in [1.29, 1.82) is 0 Å². The van der Waals surface area contributed by atoms with Crippen LogP contribution in [0.15, 0.2) is 77.8 Å². The molecule has 3 aromatic carbocycles. The van der Waals surface area contributed by atoms with Gasteiger partial charge in [0.25, 0.3) is 0 Å². The number of ether oxygens (including phenoxy) is 1. The minimum atomic E-state index is -4.24. The van der Waals surface area contributed by atoms with E-state index in [9.17, 15) is 32.6 Å². The summed E-state index contributed by atoms with van der Waals surface area (Å²) in [4.78, 5) is 23.6. The number of aromatic carboxylic acids is 1. The second-order valence-electron chi connectivity index (χ2n) is 8.85. The number of halogens is 1. The van der Waals surface area contributed by atoms with Crippen molar-refractivity contribution in [2.75, 3.05) is 6.61 Å². The molecule has 0 aliphatic heterocycles. The van der Waals surface area contributed by atoms with Crippen molar-refractivity contribution in [2.24, 2.45) is 0 Å². The number of nitrogens with one attached hydrogen (secondary N) is 1. The van der Waals surface area contributed by atoms with Crippen molar-refractivity contribution in [3.8, 4) is 17.6 Å². The Morgan fingerprint density at radius 2 is 1.75 bits per heavy atom. The molecule has 0 unspecified atom stereocenters. The molecule has 11 heteroatoms. The Balaban J connectivity index is 1.64. The summed E-state index contributed by atoms with van der Waals surface area (Å²) in [6, 6.07) is 14.2. The molecule has 1 atom stereocenters. The molecule has 40 heavy (non-hydrogen) atoms. The lowest BCUT2D eigenvalue weighted by atomic mass is 10.0. The smallest absolute Gasteiger partial charge is 0.335 e. The van der Waals surface area contributed by atoms with Crippen molar-refractivity contribution >= 4 is 32.9 Å². The molecule has 0 aliphatic rings. The van der Waals surface area contributed by atoms with Crippen LogP contribution in [0.2, 0.25) is 0 Å². The molecule has 1 aromatic heterocycles. The highest BCUT2D eigenvalue weighted by atomic mass is 32.2. The zero-order valence-corrected chi connectivity index (χ0v) is 22.1. The van der Waals surface area contributed by atoms with Gasteiger partial charge in [0.2, 0.25) is 10.0 Å². The number of benzene rings is 3. The molecular weight excluding hydrogens is 539 g/mol. The molecule has 0 radical (unpaired) electrons. The van der Waals surface area contributed by atoms with Crippen molar-refractivity contribution < 1.29 is 37.3 Å². The van der Waals surface area contributed by atoms with E-state index in [4.69, 9.17) is 4.74 Å². The van der Waals surface area contributed by atoms with Crippen molar-refractivity contribution in [2.45, 2.75) is 30.8 Å². The SMILES string of the molecule is CC#CCOc1ccc(S(=O)(=O)N[C@@H](Cc2cn(Cc3ccc(F)cc3)c3ccc(C(=O)O)cc23)C(=O)O)cc1. The van der Waals surface area contributed by atoms with E-state index >= 15 is 0 Å². The van der Waals surface area contributed by atoms with Gasteiger partial charge in [-0.2, -0.15) is 4.72 Å². The van der Waals surface area contributed by atoms with Crippen LogP contribution in [-0.4, -0.2) is 47.8 Å². The third-order valence-corrected chi connectivity index (χ3v) is 7.61. The number of nitrogens with zero attached hydrogens (tertiary/aromatic N) is 1. The fourth-order valence-electron chi connectivity index (χ4n) is 4.15. The van der Waals surface area contributed by atoms with Gasteiger partial charge in [0, 0.05) is 30.1 Å². The molecule has 0 bridgehead atoms. The number of fused-ring (bicyclic) bond motifs is 1. The van der Waals surface area contributed by atoms with Crippen LogP contribution in [0.3, 0.4) is 0 Å². The highest BCUT2D eigenvalue weighted by Gasteiger charge is 2.27. The van der Waals surface area contributed by atoms with Gasteiger partial charge in [0.15, 0.2) is 0 Å². The number of carboxylic acids is 2. The molecule has 4 aromatic rings. The monoisotopic (exact) mass is 564 g/mol. The second kappa shape index (κ2) is 12.0. The van der Waals surface area contributed by atoms with Gasteiger partial charge in [-0.25, -0.2) is 17.6 Å². The van der Waals surface area contributed by atoms with E-state index in [1.807, 2.05) is 0 Å². The molecule has 9 nitrogen and oxygen atoms in total. The maximum absolute atomic E-state index is 13.4. The molecule has 0 spiro atoms. The summed E-state index contributed by atoms with van der Waals surface area (Å²) in [5.74, 6) is 2.85. The van der Waals surface area contributed by atoms with Crippen LogP contribution in [-0.2, 0) is 27.8 Å². The summed E-state index contributed by atoms with van der Waals surface area (Å²) in [5.41, 5.74) is 1.79. The third kappa shape index (κ3) is 6.66. The van der Waals surface area contributed by atoms with Crippen LogP contribution in [0, 0.1) is 17.7 Å². The van der Waals surface area contributed by atoms with E-state index in [1.165, 1.54) is 48.5 Å². The number of rotatable bonds is 11. The molecule has 1 heterocycles. The zero-order valence-electron chi connectivity index (χ0n) is 21.3. The number of carboxylic acid groups (broad SMARTS) is 2. The van der Waals surface area contributed by atoms with Crippen LogP contribution in [0.25, 0.3) is 10.9 Å². The lowest BCUT2D eigenvalue weighted by Crippen LogP contribution is -2.42. The van der Waals surface area contributed by atoms with Crippen LogP contribution < -0.4 is 9.46 Å². The Morgan fingerprint density at radius 1 is 1.05 bits per heavy atom. The van der Waals surface area contributed by atoms with Crippen LogP contribution >= 0.6 is 0 Å². The van der Waals surface area contributed by atoms with E-state index in [0.29, 0.717) is 28.8 Å². The van der Waals surface area contributed by atoms with E-state index in [1.54, 1.807) is 35.9 Å². The molecular formula is C29H25FN2O7S. The van der Waals surface area contributed by atoms with Crippen molar-refractivity contribution in [1.82, 2.24) is 9.29 Å². The van der Waals surface area contributed by atoms with E-state index in [0.717, 1.165) is 5.56 Å². The van der Waals surface area contributed by atoms with Crippen LogP contribution in [0.4, 0.5) is 4.39 Å². The average Bonchev–Trinajstić information content (AvgIpc) is 3.26. The summed E-state index contributed by atoms with van der Waals surface area (Å²) in [5, 5.41) is 19.8. The number of carbonyl (C=O) groups is 2. The molecule has 0 saturated heterocycles. The quantitative estimate of drug-likeness (QED) is 0.235. The Morgan fingerprint density at radius 3 is 2.38 bits per heavy atom. The summed E-state index contributed by atoms with van der Waals surface area (Å²) in [6.45, 7) is 2.10. The maximum Gasteiger partial charge on any atom is 0.335 e. The molecule has 0 fully saturated rings. The van der Waals surface area contributed by atoms with Crippen LogP contribution in [0.5, 0.6) is 5.75 Å². The van der Waals surface area contributed by atoms with Gasteiger partial charge in [0.05, 0.1) is 10.5 Å². The maximum atomic E-state index is 13.4. The number of sulfonamides is 1. The Kier molecular flexibility index (Phi) is 8.52. The van der Waals surface area contributed by atoms with Gasteiger partial charge in [-0.15, -0.1) is 5.92 Å². The lowest BCUT2D eigenvalue weighted by Gasteiger charge is -2.15. The summed E-state index contributed by atoms with van der Waals surface area (Å²) >= 11 is 0. The predicted octanol–water partition coefficient (Wildman–Crippen LogP) is 3.90. The Hall–Kier alpha value is -4.66. The molecule has 4 rings (SSSR count). The van der Waals surface area contributed by atoms with Gasteiger partial charge in [-0.3, -0.25) is 4.79 Å². The number of hydrogen-bond donors (Lipinski definition) is 3. The summed E-state index contributed by atoms with van der Waals surface area (Å²) in [6.07, 6.45) is 1.39. The topological polar surface area (TPSA) is 135 Å².